The van der Waals surface area contributed by atoms with Crippen molar-refractivity contribution < 1.29 is 4.68 Å². The maximum atomic E-state index is 5.83. The number of nitrogens with two attached hydrogens (primary N) is 1. The fourth-order valence-corrected chi connectivity index (χ4v) is 3.00. The summed E-state index contributed by atoms with van der Waals surface area (Å²) in [6, 6.07) is 0. The average Bonchev–Trinajstić information content (AvgIpc) is 2.85. The molecule has 0 saturated heterocycles. The van der Waals surface area contributed by atoms with Crippen LogP contribution < -0.4 is 10.4 Å². The molecule has 2 N–H and O–H groups in total. The Bertz CT molecular complexity index is 597. The highest BCUT2D eigenvalue weighted by Gasteiger charge is 2.21. The summed E-state index contributed by atoms with van der Waals surface area (Å²) in [7, 11) is 2.01. The Morgan fingerprint density at radius 2 is 2.20 bits per heavy atom. The first-order valence-corrected chi connectivity index (χ1v) is 7.38. The van der Waals surface area contributed by atoms with Gasteiger partial charge in [-0.15, -0.1) is 14.9 Å². The van der Waals surface area contributed by atoms with E-state index in [2.05, 4.69) is 26.4 Å². The molecule has 1 aliphatic rings. The molecule has 0 fully saturated rings. The van der Waals surface area contributed by atoms with Gasteiger partial charge in [-0.3, -0.25) is 0 Å². The van der Waals surface area contributed by atoms with Gasteiger partial charge in [-0.25, -0.2) is 0 Å². The lowest BCUT2D eigenvalue weighted by Crippen LogP contribution is -2.39. The maximum absolute atomic E-state index is 5.83. The van der Waals surface area contributed by atoms with Gasteiger partial charge in [0.25, 0.3) is 0 Å². The predicted molar refractivity (Wildman–Crippen MR) is 76.0 cm³/mol. The number of nitrogen functional groups attached to an aromatic ring is 1. The molecule has 1 atom stereocenters. The smallest absolute Gasteiger partial charge is 0.218 e. The van der Waals surface area contributed by atoms with Gasteiger partial charge in [-0.2, -0.15) is 4.68 Å². The summed E-state index contributed by atoms with van der Waals surface area (Å²) in [6.07, 6.45) is 8.71. The Balaban J connectivity index is 1.82. The first-order chi connectivity index (χ1) is 9.65. The van der Waals surface area contributed by atoms with Crippen LogP contribution >= 0.6 is 0 Å². The standard InChI is InChI=1S/C14H23N6/c1-11(8-19-10-12(15)9-18(19)2)14-17-16-13-6-4-3-5-7-20(13)14/h9-11H,3-8,15H2,1-2H3/q+1. The van der Waals surface area contributed by atoms with E-state index in [1.165, 1.54) is 19.3 Å². The molecular formula is C14H23N6+. The van der Waals surface area contributed by atoms with Gasteiger partial charge in [-0.05, 0) is 12.8 Å². The van der Waals surface area contributed by atoms with Crippen LogP contribution in [0.1, 0.15) is 43.8 Å². The first kappa shape index (κ1) is 13.1. The molecule has 108 valence electrons. The molecule has 1 unspecified atom stereocenters. The molecule has 0 amide bonds. The second-order valence-corrected chi connectivity index (χ2v) is 5.79. The maximum Gasteiger partial charge on any atom is 0.218 e. The summed E-state index contributed by atoms with van der Waals surface area (Å²) >= 11 is 0. The summed E-state index contributed by atoms with van der Waals surface area (Å²) < 4.78 is 6.47. The minimum Gasteiger partial charge on any atom is -0.392 e. The molecule has 6 heteroatoms. The highest BCUT2D eigenvalue weighted by atomic mass is 15.4. The average molecular weight is 275 g/mol. The zero-order chi connectivity index (χ0) is 14.1. The zero-order valence-corrected chi connectivity index (χ0v) is 12.3. The number of rotatable bonds is 3. The lowest BCUT2D eigenvalue weighted by atomic mass is 10.1. The van der Waals surface area contributed by atoms with Crippen LogP contribution in [0.25, 0.3) is 0 Å². The third-order valence-corrected chi connectivity index (χ3v) is 4.08. The van der Waals surface area contributed by atoms with E-state index in [0.717, 1.165) is 36.8 Å². The van der Waals surface area contributed by atoms with Crippen LogP contribution in [0.15, 0.2) is 12.4 Å². The van der Waals surface area contributed by atoms with Gasteiger partial charge in [0.15, 0.2) is 7.05 Å². The number of hydrogen-bond donors (Lipinski definition) is 1. The Kier molecular flexibility index (Phi) is 3.46. The van der Waals surface area contributed by atoms with Gasteiger partial charge in [0.2, 0.25) is 6.20 Å². The van der Waals surface area contributed by atoms with Crippen molar-refractivity contribution in [3.05, 3.63) is 24.0 Å². The van der Waals surface area contributed by atoms with Crippen LogP contribution in [-0.4, -0.2) is 19.4 Å². The fourth-order valence-electron chi connectivity index (χ4n) is 3.00. The molecule has 20 heavy (non-hydrogen) atoms. The van der Waals surface area contributed by atoms with Crippen molar-refractivity contribution in [2.45, 2.75) is 51.6 Å². The lowest BCUT2D eigenvalue weighted by molar-refractivity contribution is -0.753. The van der Waals surface area contributed by atoms with Gasteiger partial charge >= 0.3 is 0 Å². The second kappa shape index (κ2) is 5.26. The summed E-state index contributed by atoms with van der Waals surface area (Å²) in [4.78, 5) is 0. The summed E-state index contributed by atoms with van der Waals surface area (Å²) in [5, 5.41) is 8.81. The molecule has 2 aromatic rings. The lowest BCUT2D eigenvalue weighted by Gasteiger charge is -2.12. The predicted octanol–water partition coefficient (Wildman–Crippen LogP) is 1.02. The molecule has 1 aliphatic heterocycles. The monoisotopic (exact) mass is 275 g/mol. The number of anilines is 1. The van der Waals surface area contributed by atoms with E-state index < -0.39 is 0 Å². The van der Waals surface area contributed by atoms with Crippen LogP contribution in [0.3, 0.4) is 0 Å². The molecule has 6 nitrogen and oxygen atoms in total. The van der Waals surface area contributed by atoms with Crippen molar-refractivity contribution in [3.8, 4) is 0 Å². The van der Waals surface area contributed by atoms with E-state index in [1.807, 2.05) is 24.1 Å². The van der Waals surface area contributed by atoms with Crippen LogP contribution in [0.5, 0.6) is 0 Å². The molecule has 0 radical (unpaired) electrons. The van der Waals surface area contributed by atoms with E-state index in [0.29, 0.717) is 5.92 Å². The van der Waals surface area contributed by atoms with Gasteiger partial charge in [0.05, 0.1) is 12.7 Å². The molecule has 0 bridgehead atoms. The molecular weight excluding hydrogens is 252 g/mol. The van der Waals surface area contributed by atoms with Gasteiger partial charge < -0.3 is 10.3 Å². The van der Waals surface area contributed by atoms with Gasteiger partial charge in [0.1, 0.15) is 17.3 Å². The topological polar surface area (TPSA) is 65.5 Å². The number of aryl methyl sites for hydroxylation is 2. The minimum absolute atomic E-state index is 0.326. The molecule has 0 aromatic carbocycles. The molecule has 3 heterocycles. The van der Waals surface area contributed by atoms with Crippen LogP contribution in [0.4, 0.5) is 5.69 Å². The van der Waals surface area contributed by atoms with Gasteiger partial charge in [0, 0.05) is 18.9 Å². The van der Waals surface area contributed by atoms with E-state index >= 15 is 0 Å². The third-order valence-electron chi connectivity index (χ3n) is 4.08. The molecule has 0 aliphatic carbocycles. The quantitative estimate of drug-likeness (QED) is 0.850. The highest BCUT2D eigenvalue weighted by molar-refractivity contribution is 5.28. The van der Waals surface area contributed by atoms with Crippen molar-refractivity contribution in [3.63, 3.8) is 0 Å². The third kappa shape index (κ3) is 2.42. The van der Waals surface area contributed by atoms with Gasteiger partial charge in [-0.1, -0.05) is 13.3 Å². The largest absolute Gasteiger partial charge is 0.392 e. The number of nitrogens with zero attached hydrogens (tertiary/aromatic N) is 5. The zero-order valence-electron chi connectivity index (χ0n) is 12.3. The Hall–Kier alpha value is -1.85. The van der Waals surface area contributed by atoms with Crippen molar-refractivity contribution in [1.29, 1.82) is 0 Å². The summed E-state index contributed by atoms with van der Waals surface area (Å²) in [5.41, 5.74) is 6.62. The van der Waals surface area contributed by atoms with E-state index in [1.54, 1.807) is 0 Å². The SMILES string of the molecule is CC(Cn1cc(N)c[n+]1C)c1nnc2n1CCCCC2. The molecule has 0 spiro atoms. The highest BCUT2D eigenvalue weighted by Crippen LogP contribution is 2.21. The molecule has 0 saturated carbocycles. The summed E-state index contributed by atoms with van der Waals surface area (Å²) in [6.45, 7) is 4.13. The second-order valence-electron chi connectivity index (χ2n) is 5.79. The van der Waals surface area contributed by atoms with Crippen LogP contribution in [-0.2, 0) is 26.6 Å². The number of hydrogen-bond acceptors (Lipinski definition) is 3. The Labute approximate surface area is 119 Å². The van der Waals surface area contributed by atoms with Crippen molar-refractivity contribution in [2.24, 2.45) is 7.05 Å². The van der Waals surface area contributed by atoms with Crippen molar-refractivity contribution in [1.82, 2.24) is 19.4 Å². The first-order valence-electron chi connectivity index (χ1n) is 7.38. The van der Waals surface area contributed by atoms with Crippen LogP contribution in [0.2, 0.25) is 0 Å². The summed E-state index contributed by atoms with van der Waals surface area (Å²) in [5.74, 6) is 2.59. The number of aromatic nitrogens is 5. The minimum atomic E-state index is 0.326. The van der Waals surface area contributed by atoms with E-state index in [4.69, 9.17) is 5.73 Å². The van der Waals surface area contributed by atoms with E-state index in [9.17, 15) is 0 Å². The van der Waals surface area contributed by atoms with E-state index in [-0.39, 0.29) is 0 Å². The van der Waals surface area contributed by atoms with Crippen LogP contribution in [0, 0.1) is 0 Å². The van der Waals surface area contributed by atoms with Crippen molar-refractivity contribution >= 4 is 5.69 Å². The molecule has 3 rings (SSSR count). The van der Waals surface area contributed by atoms with Crippen molar-refractivity contribution in [2.75, 3.05) is 5.73 Å². The Morgan fingerprint density at radius 3 is 2.95 bits per heavy atom. The number of fused-ring (bicyclic) bond motifs is 1. The fraction of sp³-hybridized carbons (Fsp3) is 0.643. The normalized spacial score (nSPS) is 16.7. The Morgan fingerprint density at radius 1 is 1.35 bits per heavy atom. The molecule has 2 aromatic heterocycles.